The van der Waals surface area contributed by atoms with Crippen LogP contribution in [0.5, 0.6) is 5.75 Å². The fourth-order valence-corrected chi connectivity index (χ4v) is 4.95. The van der Waals surface area contributed by atoms with Gasteiger partial charge in [0.2, 0.25) is 11.8 Å². The van der Waals surface area contributed by atoms with Gasteiger partial charge in [0.1, 0.15) is 12.4 Å². The number of benzene rings is 1. The fourth-order valence-electron chi connectivity index (χ4n) is 4.95. The lowest BCUT2D eigenvalue weighted by atomic mass is 9.86. The summed E-state index contributed by atoms with van der Waals surface area (Å²) in [4.78, 5) is 44.6. The lowest BCUT2D eigenvalue weighted by Gasteiger charge is -2.34. The Morgan fingerprint density at radius 3 is 2.58 bits per heavy atom. The van der Waals surface area contributed by atoms with Gasteiger partial charge in [0.25, 0.3) is 5.91 Å². The van der Waals surface area contributed by atoms with Crippen LogP contribution in [0.1, 0.15) is 36.0 Å². The Hall–Kier alpha value is -2.61. The SMILES string of the molecule is CN(C)C(=O)[C@H]1CN(CC(=O)N2CCCCCC2)C[C@@]12COc1ccccc1C(=O)N2. The summed E-state index contributed by atoms with van der Waals surface area (Å²) in [6.45, 7) is 2.85. The highest BCUT2D eigenvalue weighted by molar-refractivity contribution is 5.98. The molecule has 4 rings (SSSR count). The van der Waals surface area contributed by atoms with Crippen LogP contribution in [0.4, 0.5) is 0 Å². The minimum atomic E-state index is -0.878. The first kappa shape index (κ1) is 21.6. The molecule has 1 N–H and O–H groups in total. The third kappa shape index (κ3) is 4.39. The standard InChI is InChI=1S/C23H32N4O4/c1-25(2)22(30)18-13-26(14-20(28)27-11-7-3-4-8-12-27)15-23(18)16-31-19-10-6-5-9-17(19)21(29)24-23/h5-6,9-10,18H,3-4,7-8,11-16H2,1-2H3,(H,24,29)/t18-,23-/m1/s1. The van der Waals surface area contributed by atoms with Gasteiger partial charge in [-0.15, -0.1) is 0 Å². The molecule has 2 saturated heterocycles. The van der Waals surface area contributed by atoms with Crippen molar-refractivity contribution in [3.05, 3.63) is 29.8 Å². The molecule has 3 amide bonds. The number of hydrogen-bond donors (Lipinski definition) is 1. The molecule has 0 aromatic heterocycles. The van der Waals surface area contributed by atoms with Crippen LogP contribution in [0, 0.1) is 5.92 Å². The molecular formula is C23H32N4O4. The van der Waals surface area contributed by atoms with Crippen LogP contribution in [0.15, 0.2) is 24.3 Å². The Labute approximate surface area is 183 Å². The number of amides is 3. The molecule has 8 heteroatoms. The molecule has 0 aliphatic carbocycles. The summed E-state index contributed by atoms with van der Waals surface area (Å²) in [5.74, 6) is -0.186. The number of likely N-dealkylation sites (tertiary alicyclic amines) is 2. The van der Waals surface area contributed by atoms with E-state index in [1.165, 1.54) is 12.8 Å². The number of nitrogens with zero attached hydrogens (tertiary/aromatic N) is 3. The average Bonchev–Trinajstić information content (AvgIpc) is 2.91. The van der Waals surface area contributed by atoms with Gasteiger partial charge in [0.05, 0.1) is 23.6 Å². The summed E-state index contributed by atoms with van der Waals surface area (Å²) in [5.41, 5.74) is -0.411. The molecule has 3 heterocycles. The van der Waals surface area contributed by atoms with Crippen molar-refractivity contribution >= 4 is 17.7 Å². The van der Waals surface area contributed by atoms with Crippen molar-refractivity contribution in [2.24, 2.45) is 5.92 Å². The Kier molecular flexibility index (Phi) is 6.18. The van der Waals surface area contributed by atoms with E-state index in [2.05, 4.69) is 5.32 Å². The lowest BCUT2D eigenvalue weighted by Crippen LogP contribution is -2.60. The number of hydrogen-bond acceptors (Lipinski definition) is 5. The molecule has 0 radical (unpaired) electrons. The maximum Gasteiger partial charge on any atom is 0.255 e. The Morgan fingerprint density at radius 1 is 1.16 bits per heavy atom. The van der Waals surface area contributed by atoms with Gasteiger partial charge < -0.3 is 19.9 Å². The third-order valence-corrected chi connectivity index (χ3v) is 6.65. The van der Waals surface area contributed by atoms with E-state index < -0.39 is 11.5 Å². The van der Waals surface area contributed by atoms with E-state index in [9.17, 15) is 14.4 Å². The maximum atomic E-state index is 13.1. The highest BCUT2D eigenvalue weighted by Crippen LogP contribution is 2.34. The summed E-state index contributed by atoms with van der Waals surface area (Å²) in [7, 11) is 3.43. The van der Waals surface area contributed by atoms with Crippen LogP contribution in [-0.4, -0.2) is 91.4 Å². The van der Waals surface area contributed by atoms with Crippen LogP contribution in [0.2, 0.25) is 0 Å². The van der Waals surface area contributed by atoms with Crippen LogP contribution >= 0.6 is 0 Å². The number of carbonyl (C=O) groups is 3. The largest absolute Gasteiger partial charge is 0.490 e. The minimum absolute atomic E-state index is 0.0698. The minimum Gasteiger partial charge on any atom is -0.490 e. The van der Waals surface area contributed by atoms with Crippen LogP contribution in [0.25, 0.3) is 0 Å². The molecule has 0 unspecified atom stereocenters. The number of ether oxygens (including phenoxy) is 1. The lowest BCUT2D eigenvalue weighted by molar-refractivity contribution is -0.135. The van der Waals surface area contributed by atoms with Gasteiger partial charge in [-0.05, 0) is 25.0 Å². The van der Waals surface area contributed by atoms with Gasteiger partial charge >= 0.3 is 0 Å². The van der Waals surface area contributed by atoms with Gasteiger partial charge in [0.15, 0.2) is 0 Å². The Bertz CT molecular complexity index is 850. The van der Waals surface area contributed by atoms with Gasteiger partial charge in [0, 0.05) is 40.3 Å². The molecule has 1 aromatic carbocycles. The second-order valence-corrected chi connectivity index (χ2v) is 9.14. The number of fused-ring (bicyclic) bond motifs is 1. The summed E-state index contributed by atoms with van der Waals surface area (Å²) in [6.07, 6.45) is 4.42. The summed E-state index contributed by atoms with van der Waals surface area (Å²) < 4.78 is 6.03. The van der Waals surface area contributed by atoms with Gasteiger partial charge in [-0.25, -0.2) is 0 Å². The molecule has 0 saturated carbocycles. The number of para-hydroxylation sites is 1. The third-order valence-electron chi connectivity index (χ3n) is 6.65. The second-order valence-electron chi connectivity index (χ2n) is 9.14. The van der Waals surface area contributed by atoms with E-state index in [-0.39, 0.29) is 30.9 Å². The molecule has 1 spiro atoms. The summed E-state index contributed by atoms with van der Waals surface area (Å²) in [5, 5.41) is 3.11. The molecule has 1 aromatic rings. The first-order valence-corrected chi connectivity index (χ1v) is 11.2. The molecular weight excluding hydrogens is 396 g/mol. The highest BCUT2D eigenvalue weighted by atomic mass is 16.5. The summed E-state index contributed by atoms with van der Waals surface area (Å²) >= 11 is 0. The van der Waals surface area contributed by atoms with E-state index in [1.807, 2.05) is 15.9 Å². The fraction of sp³-hybridized carbons (Fsp3) is 0.609. The smallest absolute Gasteiger partial charge is 0.255 e. The van der Waals surface area contributed by atoms with E-state index in [0.29, 0.717) is 24.4 Å². The van der Waals surface area contributed by atoms with E-state index in [0.717, 1.165) is 25.9 Å². The molecule has 31 heavy (non-hydrogen) atoms. The number of carbonyl (C=O) groups excluding carboxylic acids is 3. The zero-order valence-electron chi connectivity index (χ0n) is 18.4. The molecule has 3 aliphatic heterocycles. The predicted molar refractivity (Wildman–Crippen MR) is 116 cm³/mol. The maximum absolute atomic E-state index is 13.1. The second kappa shape index (κ2) is 8.86. The van der Waals surface area contributed by atoms with Crippen LogP contribution in [-0.2, 0) is 9.59 Å². The zero-order chi connectivity index (χ0) is 22.0. The van der Waals surface area contributed by atoms with Gasteiger partial charge in [-0.2, -0.15) is 0 Å². The molecule has 2 fully saturated rings. The van der Waals surface area contributed by atoms with E-state index >= 15 is 0 Å². The topological polar surface area (TPSA) is 82.2 Å². The highest BCUT2D eigenvalue weighted by Gasteiger charge is 2.53. The van der Waals surface area contributed by atoms with Crippen molar-refractivity contribution in [3.8, 4) is 5.75 Å². The molecule has 0 bridgehead atoms. The molecule has 8 nitrogen and oxygen atoms in total. The first-order chi connectivity index (χ1) is 14.9. The molecule has 2 atom stereocenters. The van der Waals surface area contributed by atoms with E-state index in [1.54, 1.807) is 37.2 Å². The average molecular weight is 429 g/mol. The quantitative estimate of drug-likeness (QED) is 0.776. The van der Waals surface area contributed by atoms with E-state index in [4.69, 9.17) is 4.74 Å². The monoisotopic (exact) mass is 428 g/mol. The Morgan fingerprint density at radius 2 is 1.87 bits per heavy atom. The van der Waals surface area contributed by atoms with Crippen LogP contribution in [0.3, 0.4) is 0 Å². The molecule has 168 valence electrons. The predicted octanol–water partition coefficient (Wildman–Crippen LogP) is 0.970. The normalized spacial score (nSPS) is 26.5. The van der Waals surface area contributed by atoms with Crippen molar-refractivity contribution in [1.82, 2.24) is 20.0 Å². The van der Waals surface area contributed by atoms with Gasteiger partial charge in [-0.3, -0.25) is 19.3 Å². The first-order valence-electron chi connectivity index (χ1n) is 11.2. The van der Waals surface area contributed by atoms with Crippen LogP contribution < -0.4 is 10.1 Å². The van der Waals surface area contributed by atoms with Crippen molar-refractivity contribution in [1.29, 1.82) is 0 Å². The zero-order valence-corrected chi connectivity index (χ0v) is 18.4. The Balaban J connectivity index is 1.55. The van der Waals surface area contributed by atoms with Gasteiger partial charge in [-0.1, -0.05) is 25.0 Å². The van der Waals surface area contributed by atoms with Crippen molar-refractivity contribution in [3.63, 3.8) is 0 Å². The van der Waals surface area contributed by atoms with Crippen molar-refractivity contribution in [2.45, 2.75) is 31.2 Å². The summed E-state index contributed by atoms with van der Waals surface area (Å²) in [6, 6.07) is 7.12. The van der Waals surface area contributed by atoms with Crippen molar-refractivity contribution in [2.75, 3.05) is 53.4 Å². The molecule has 3 aliphatic rings. The van der Waals surface area contributed by atoms with Crippen molar-refractivity contribution < 1.29 is 19.1 Å². The number of rotatable bonds is 3. The number of nitrogens with one attached hydrogen (secondary N) is 1.